The van der Waals surface area contributed by atoms with Crippen LogP contribution in [0.1, 0.15) is 21.5 Å². The number of halogens is 2. The quantitative estimate of drug-likeness (QED) is 0.358. The Balaban J connectivity index is 1.57. The van der Waals surface area contributed by atoms with Crippen molar-refractivity contribution in [3.05, 3.63) is 100 Å². The van der Waals surface area contributed by atoms with Crippen LogP contribution in [0.4, 0.5) is 10.1 Å². The Morgan fingerprint density at radius 1 is 1.06 bits per heavy atom. The molecule has 0 saturated carbocycles. The second-order valence-electron chi connectivity index (χ2n) is 6.89. The topological polar surface area (TPSA) is 59.8 Å². The van der Waals surface area contributed by atoms with Crippen molar-refractivity contribution in [1.29, 1.82) is 0 Å². The summed E-state index contributed by atoms with van der Waals surface area (Å²) in [5.74, 6) is -0.454. The highest BCUT2D eigenvalue weighted by atomic mass is 79.9. The van der Waals surface area contributed by atoms with Crippen LogP contribution in [0.5, 0.6) is 0 Å². The lowest BCUT2D eigenvalue weighted by Gasteiger charge is -2.12. The third-order valence-corrected chi connectivity index (χ3v) is 6.19. The van der Waals surface area contributed by atoms with E-state index in [0.29, 0.717) is 27.7 Å². The summed E-state index contributed by atoms with van der Waals surface area (Å²) in [4.78, 5) is 13.6. The van der Waals surface area contributed by atoms with Crippen molar-refractivity contribution < 1.29 is 9.18 Å². The van der Waals surface area contributed by atoms with E-state index in [-0.39, 0.29) is 11.7 Å². The van der Waals surface area contributed by atoms with Crippen molar-refractivity contribution in [2.24, 2.45) is 0 Å². The molecule has 0 aliphatic carbocycles. The van der Waals surface area contributed by atoms with E-state index >= 15 is 0 Å². The molecule has 0 spiro atoms. The van der Waals surface area contributed by atoms with Crippen molar-refractivity contribution in [3.8, 4) is 0 Å². The van der Waals surface area contributed by atoms with Gasteiger partial charge in [0.1, 0.15) is 5.82 Å². The van der Waals surface area contributed by atoms with Crippen LogP contribution in [-0.2, 0) is 6.54 Å². The van der Waals surface area contributed by atoms with Crippen LogP contribution in [0.2, 0.25) is 0 Å². The Labute approximate surface area is 191 Å². The molecule has 0 fully saturated rings. The van der Waals surface area contributed by atoms with E-state index in [4.69, 9.17) is 0 Å². The lowest BCUT2D eigenvalue weighted by Crippen LogP contribution is -2.12. The minimum absolute atomic E-state index is 0.175. The van der Waals surface area contributed by atoms with E-state index in [9.17, 15) is 9.18 Å². The molecule has 1 N–H and O–H groups in total. The highest BCUT2D eigenvalue weighted by Crippen LogP contribution is 2.34. The van der Waals surface area contributed by atoms with Crippen LogP contribution < -0.4 is 5.32 Å². The Hall–Kier alpha value is -2.97. The van der Waals surface area contributed by atoms with Gasteiger partial charge in [0.15, 0.2) is 5.16 Å². The van der Waals surface area contributed by atoms with Crippen LogP contribution in [0.25, 0.3) is 0 Å². The van der Waals surface area contributed by atoms with Gasteiger partial charge in [-0.1, -0.05) is 42.0 Å². The lowest BCUT2D eigenvalue weighted by molar-refractivity contribution is 0.102. The molecule has 1 heterocycles. The van der Waals surface area contributed by atoms with Gasteiger partial charge in [-0.3, -0.25) is 9.36 Å². The van der Waals surface area contributed by atoms with Crippen LogP contribution in [-0.4, -0.2) is 20.7 Å². The van der Waals surface area contributed by atoms with Crippen LogP contribution in [0.15, 0.2) is 87.6 Å². The number of carbonyl (C=O) groups is 1. The Bertz CT molecular complexity index is 1230. The number of nitrogens with one attached hydrogen (secondary N) is 1. The molecular weight excluding hydrogens is 479 g/mol. The van der Waals surface area contributed by atoms with Crippen LogP contribution >= 0.6 is 27.7 Å². The molecule has 4 rings (SSSR count). The maximum atomic E-state index is 13.2. The average Bonchev–Trinajstić information content (AvgIpc) is 3.10. The zero-order chi connectivity index (χ0) is 21.8. The standard InChI is InChI=1S/C23H18BrFN4OS/c1-15-5-4-6-17(13-15)21(30)26-19-7-2-3-8-20(19)31-23-28-27-22(24)29(23)14-16-9-11-18(25)12-10-16/h2-13H,14H2,1H3,(H,26,30). The summed E-state index contributed by atoms with van der Waals surface area (Å²) in [5, 5.41) is 12.0. The maximum Gasteiger partial charge on any atom is 0.255 e. The minimum Gasteiger partial charge on any atom is -0.321 e. The van der Waals surface area contributed by atoms with Gasteiger partial charge in [0.05, 0.1) is 12.2 Å². The SMILES string of the molecule is Cc1cccc(C(=O)Nc2ccccc2Sc2nnc(Br)n2Cc2ccc(F)cc2)c1. The summed E-state index contributed by atoms with van der Waals surface area (Å²) in [5.41, 5.74) is 3.23. The first kappa shape index (κ1) is 21.3. The van der Waals surface area contributed by atoms with E-state index in [2.05, 4.69) is 31.4 Å². The molecule has 0 aliphatic heterocycles. The number of hydrogen-bond donors (Lipinski definition) is 1. The zero-order valence-electron chi connectivity index (χ0n) is 16.5. The summed E-state index contributed by atoms with van der Waals surface area (Å²) in [6.07, 6.45) is 0. The molecule has 4 aromatic rings. The molecule has 156 valence electrons. The van der Waals surface area contributed by atoms with Gasteiger partial charge in [-0.15, -0.1) is 10.2 Å². The molecular formula is C23H18BrFN4OS. The molecule has 8 heteroatoms. The van der Waals surface area contributed by atoms with E-state index < -0.39 is 0 Å². The predicted octanol–water partition coefficient (Wildman–Crippen LogP) is 5.94. The first-order valence-electron chi connectivity index (χ1n) is 9.47. The molecule has 0 radical (unpaired) electrons. The Kier molecular flexibility index (Phi) is 6.48. The number of hydrogen-bond acceptors (Lipinski definition) is 4. The molecule has 1 amide bonds. The Morgan fingerprint density at radius 3 is 2.61 bits per heavy atom. The number of aryl methyl sites for hydroxylation is 1. The van der Waals surface area contributed by atoms with E-state index in [1.54, 1.807) is 18.2 Å². The maximum absolute atomic E-state index is 13.2. The molecule has 3 aromatic carbocycles. The smallest absolute Gasteiger partial charge is 0.255 e. The second-order valence-corrected chi connectivity index (χ2v) is 8.60. The van der Waals surface area contributed by atoms with Gasteiger partial charge in [0.25, 0.3) is 5.91 Å². The highest BCUT2D eigenvalue weighted by Gasteiger charge is 2.15. The van der Waals surface area contributed by atoms with E-state index in [0.717, 1.165) is 16.0 Å². The van der Waals surface area contributed by atoms with Gasteiger partial charge in [-0.05, 0) is 76.6 Å². The molecule has 0 saturated heterocycles. The summed E-state index contributed by atoms with van der Waals surface area (Å²) in [6.45, 7) is 2.43. The van der Waals surface area contributed by atoms with Crippen molar-refractivity contribution in [1.82, 2.24) is 14.8 Å². The monoisotopic (exact) mass is 496 g/mol. The van der Waals surface area contributed by atoms with Crippen molar-refractivity contribution in [2.75, 3.05) is 5.32 Å². The summed E-state index contributed by atoms with van der Waals surface area (Å²) in [6, 6.07) is 21.3. The van der Waals surface area contributed by atoms with Gasteiger partial charge in [-0.25, -0.2) is 4.39 Å². The van der Waals surface area contributed by atoms with E-state index in [1.165, 1.54) is 23.9 Å². The number of anilines is 1. The minimum atomic E-state index is -0.278. The first-order chi connectivity index (χ1) is 15.0. The number of nitrogens with zero attached hydrogens (tertiary/aromatic N) is 3. The number of aromatic nitrogens is 3. The summed E-state index contributed by atoms with van der Waals surface area (Å²) >= 11 is 4.83. The third kappa shape index (κ3) is 5.21. The fourth-order valence-corrected chi connectivity index (χ4v) is 4.39. The normalized spacial score (nSPS) is 10.8. The molecule has 0 unspecified atom stereocenters. The number of rotatable bonds is 6. The number of para-hydroxylation sites is 1. The largest absolute Gasteiger partial charge is 0.321 e. The summed E-state index contributed by atoms with van der Waals surface area (Å²) < 4.78 is 15.7. The molecule has 5 nitrogen and oxygen atoms in total. The molecule has 0 aliphatic rings. The molecule has 0 bridgehead atoms. The van der Waals surface area contributed by atoms with Gasteiger partial charge in [0.2, 0.25) is 4.73 Å². The van der Waals surface area contributed by atoms with Gasteiger partial charge in [-0.2, -0.15) is 0 Å². The second kappa shape index (κ2) is 9.45. The third-order valence-electron chi connectivity index (χ3n) is 4.54. The number of benzene rings is 3. The van der Waals surface area contributed by atoms with Gasteiger partial charge >= 0.3 is 0 Å². The van der Waals surface area contributed by atoms with Gasteiger partial charge < -0.3 is 5.32 Å². The van der Waals surface area contributed by atoms with Crippen LogP contribution in [0.3, 0.4) is 0 Å². The predicted molar refractivity (Wildman–Crippen MR) is 123 cm³/mol. The van der Waals surface area contributed by atoms with Crippen molar-refractivity contribution in [3.63, 3.8) is 0 Å². The molecule has 31 heavy (non-hydrogen) atoms. The number of amides is 1. The first-order valence-corrected chi connectivity index (χ1v) is 11.1. The van der Waals surface area contributed by atoms with Crippen molar-refractivity contribution in [2.45, 2.75) is 23.5 Å². The average molecular weight is 497 g/mol. The van der Waals surface area contributed by atoms with Gasteiger partial charge in [0, 0.05) is 10.5 Å². The summed E-state index contributed by atoms with van der Waals surface area (Å²) in [7, 11) is 0. The molecule has 1 aromatic heterocycles. The molecule has 0 atom stereocenters. The lowest BCUT2D eigenvalue weighted by atomic mass is 10.1. The fourth-order valence-electron chi connectivity index (χ4n) is 2.99. The van der Waals surface area contributed by atoms with E-state index in [1.807, 2.05) is 54.0 Å². The fraction of sp³-hybridized carbons (Fsp3) is 0.0870. The van der Waals surface area contributed by atoms with Crippen molar-refractivity contribution >= 4 is 39.3 Å². The Morgan fingerprint density at radius 2 is 1.84 bits per heavy atom. The zero-order valence-corrected chi connectivity index (χ0v) is 19.0. The van der Waals surface area contributed by atoms with Crippen LogP contribution in [0, 0.1) is 12.7 Å². The highest BCUT2D eigenvalue weighted by molar-refractivity contribution is 9.10. The number of carbonyl (C=O) groups excluding carboxylic acids is 1.